The fraction of sp³-hybridized carbons (Fsp3) is 0.167. The number of hydrogen-bond donors (Lipinski definition) is 3. The van der Waals surface area contributed by atoms with E-state index >= 15 is 0 Å². The molecule has 8 aromatic rings. The first kappa shape index (κ1) is 52.5. The van der Waals surface area contributed by atoms with E-state index in [-0.39, 0.29) is 83.9 Å². The van der Waals surface area contributed by atoms with Gasteiger partial charge in [-0.25, -0.2) is 18.4 Å². The smallest absolute Gasteiger partial charge is 0.418 e. The van der Waals surface area contributed by atoms with Crippen LogP contribution in [0.1, 0.15) is 63.3 Å². The van der Waals surface area contributed by atoms with Gasteiger partial charge in [-0.3, -0.25) is 14.4 Å². The van der Waals surface area contributed by atoms with E-state index in [1.54, 1.807) is 74.5 Å². The summed E-state index contributed by atoms with van der Waals surface area (Å²) < 4.78 is 124. The van der Waals surface area contributed by atoms with Crippen molar-refractivity contribution >= 4 is 74.3 Å². The van der Waals surface area contributed by atoms with E-state index in [1.165, 1.54) is 12.1 Å². The van der Waals surface area contributed by atoms with Gasteiger partial charge < -0.3 is 24.6 Å². The van der Waals surface area contributed by atoms with Gasteiger partial charge in [-0.15, -0.1) is 0 Å². The highest BCUT2D eigenvalue weighted by molar-refractivity contribution is 6.32. The Hall–Kier alpha value is -7.83. The molecule has 0 bridgehead atoms. The summed E-state index contributed by atoms with van der Waals surface area (Å²) in [4.78, 5) is 68.5. The van der Waals surface area contributed by atoms with Crippen molar-refractivity contribution in [3.63, 3.8) is 0 Å². The molecule has 74 heavy (non-hydrogen) atoms. The van der Waals surface area contributed by atoms with Crippen LogP contribution in [0.25, 0.3) is 44.2 Å². The van der Waals surface area contributed by atoms with Crippen LogP contribution >= 0.6 is 23.2 Å². The van der Waals surface area contributed by atoms with Gasteiger partial charge in [-0.2, -0.15) is 26.3 Å². The highest BCUT2D eigenvalue weighted by Gasteiger charge is 2.37. The molecule has 0 fully saturated rings. The van der Waals surface area contributed by atoms with Gasteiger partial charge in [0.25, 0.3) is 0 Å². The summed E-state index contributed by atoms with van der Waals surface area (Å²) in [7, 11) is 0. The molecule has 0 saturated heterocycles. The number of benzene rings is 6. The van der Waals surface area contributed by atoms with Gasteiger partial charge in [-0.05, 0) is 102 Å². The third-order valence-electron chi connectivity index (χ3n) is 12.2. The van der Waals surface area contributed by atoms with Crippen LogP contribution in [0.5, 0.6) is 0 Å². The van der Waals surface area contributed by atoms with Crippen molar-refractivity contribution in [3.05, 3.63) is 196 Å². The molecule has 380 valence electrons. The second-order valence-electron chi connectivity index (χ2n) is 17.2. The lowest BCUT2D eigenvalue weighted by atomic mass is 9.78. The average molecular weight is 1060 g/mol. The van der Waals surface area contributed by atoms with Crippen molar-refractivity contribution in [2.45, 2.75) is 57.8 Å². The highest BCUT2D eigenvalue weighted by atomic mass is 35.5. The predicted molar refractivity (Wildman–Crippen MR) is 262 cm³/mol. The maximum Gasteiger partial charge on any atom is 0.418 e. The number of nitrogens with one attached hydrogen (secondary N) is 2. The fourth-order valence-electron chi connectivity index (χ4n) is 8.91. The van der Waals surface area contributed by atoms with Crippen LogP contribution < -0.4 is 21.9 Å². The molecule has 0 radical (unpaired) electrons. The summed E-state index contributed by atoms with van der Waals surface area (Å²) in [5.74, 6) is -7.02. The van der Waals surface area contributed by atoms with E-state index in [4.69, 9.17) is 32.0 Å². The minimum Gasteiger partial charge on any atom is -0.481 e. The molecule has 0 aliphatic heterocycles. The van der Waals surface area contributed by atoms with Crippen molar-refractivity contribution in [1.82, 2.24) is 0 Å². The number of rotatable bonds is 13. The first-order chi connectivity index (χ1) is 34.9. The molecular weight excluding hydrogens is 1030 g/mol. The van der Waals surface area contributed by atoms with Gasteiger partial charge in [0, 0.05) is 56.4 Å². The number of hydrogen-bond acceptors (Lipinski definition) is 7. The summed E-state index contributed by atoms with van der Waals surface area (Å²) in [5, 5.41) is 15.2. The van der Waals surface area contributed by atoms with Crippen molar-refractivity contribution in [3.8, 4) is 22.3 Å². The molecule has 0 unspecified atom stereocenters. The predicted octanol–water partition coefficient (Wildman–Crippen LogP) is 13.8. The molecule has 6 aromatic carbocycles. The number of amides is 2. The zero-order chi connectivity index (χ0) is 53.6. The Balaban J connectivity index is 1.34. The molecule has 2 aromatic heterocycles. The Morgan fingerprint density at radius 1 is 0.595 bits per heavy atom. The number of carboxylic acid groups (broad SMARTS) is 1. The minimum absolute atomic E-state index is 0.0437. The standard InChI is InChI=1S/C54H36Cl2F8N2O8/c1-25-17-34-44(23-40(25)55)73-51(71)36(21-46(67)65-42-14-11-27(57)19-38(42)53(59,60)61)49(34)32-9-5-3-7-29(32)31(13-16-48(69)70)30-8-4-6-10-33(30)50-35-18-26(2)41(56)24-45(35)74-52(72)37(50)22-47(68)66-43-15-12-28(58)20-39(43)54(62,63)64/h3-12,14-15,17-20,23-24,31H,13,16,21-22H2,1-2H3,(H,65,67)(H,66,68)(H,69,70). The number of alkyl halides is 6. The Labute approximate surface area is 423 Å². The van der Waals surface area contributed by atoms with Crippen molar-refractivity contribution < 1.29 is 63.4 Å². The molecule has 0 saturated carbocycles. The zero-order valence-corrected chi connectivity index (χ0v) is 39.9. The number of carboxylic acids is 1. The molecule has 0 aliphatic carbocycles. The number of carbonyl (C=O) groups is 3. The van der Waals surface area contributed by atoms with Gasteiger partial charge in [0.05, 0.1) is 46.5 Å². The second-order valence-corrected chi connectivity index (χ2v) is 18.0. The lowest BCUT2D eigenvalue weighted by Gasteiger charge is -2.26. The van der Waals surface area contributed by atoms with Crippen LogP contribution in [0.15, 0.2) is 128 Å². The SMILES string of the molecule is Cc1cc2c(-c3ccccc3C(CCC(=O)O)c3ccccc3-c3c(CC(=O)Nc4ccc(F)cc4C(F)(F)F)c(=O)oc4cc(Cl)c(C)cc34)c(CC(=O)Nc3ccc(F)cc3C(F)(F)F)c(=O)oc2cc1Cl. The summed E-state index contributed by atoms with van der Waals surface area (Å²) in [6.45, 7) is 3.27. The Kier molecular flexibility index (Phi) is 14.6. The van der Waals surface area contributed by atoms with Crippen molar-refractivity contribution in [2.75, 3.05) is 10.6 Å². The lowest BCUT2D eigenvalue weighted by Crippen LogP contribution is -2.23. The van der Waals surface area contributed by atoms with Crippen LogP contribution in [0.4, 0.5) is 46.5 Å². The van der Waals surface area contributed by atoms with Gasteiger partial charge in [-0.1, -0.05) is 71.7 Å². The second kappa shape index (κ2) is 20.6. The van der Waals surface area contributed by atoms with Crippen molar-refractivity contribution in [2.24, 2.45) is 0 Å². The van der Waals surface area contributed by atoms with Gasteiger partial charge in [0.2, 0.25) is 11.8 Å². The van der Waals surface area contributed by atoms with E-state index in [2.05, 4.69) is 10.6 Å². The Morgan fingerprint density at radius 2 is 0.986 bits per heavy atom. The molecule has 0 aliphatic rings. The molecule has 3 N–H and O–H groups in total. The number of fused-ring (bicyclic) bond motifs is 2. The number of halogens is 10. The van der Waals surface area contributed by atoms with Crippen LogP contribution in [-0.2, 0) is 39.6 Å². The monoisotopic (exact) mass is 1060 g/mol. The molecule has 0 spiro atoms. The normalized spacial score (nSPS) is 11.9. The number of aliphatic carboxylic acids is 1. The Bertz CT molecular complexity index is 3490. The summed E-state index contributed by atoms with van der Waals surface area (Å²) in [6.07, 6.45) is -12.7. The van der Waals surface area contributed by atoms with E-state index in [9.17, 15) is 64.2 Å². The highest BCUT2D eigenvalue weighted by Crippen LogP contribution is 2.46. The maximum atomic E-state index is 14.2. The fourth-order valence-corrected chi connectivity index (χ4v) is 9.22. The third-order valence-corrected chi connectivity index (χ3v) is 13.0. The number of carbonyl (C=O) groups excluding carboxylic acids is 2. The van der Waals surface area contributed by atoms with E-state index in [1.807, 2.05) is 0 Å². The molecular formula is C54H36Cl2F8N2O8. The molecule has 8 rings (SSSR count). The molecule has 2 amide bonds. The largest absolute Gasteiger partial charge is 0.481 e. The Morgan fingerprint density at radius 3 is 1.36 bits per heavy atom. The van der Waals surface area contributed by atoms with E-state index < -0.39 is 101 Å². The first-order valence-corrected chi connectivity index (χ1v) is 22.9. The minimum atomic E-state index is -5.10. The van der Waals surface area contributed by atoms with Gasteiger partial charge in [0.15, 0.2) is 0 Å². The van der Waals surface area contributed by atoms with Gasteiger partial charge in [0.1, 0.15) is 22.8 Å². The zero-order valence-electron chi connectivity index (χ0n) is 38.4. The molecule has 0 atom stereocenters. The lowest BCUT2D eigenvalue weighted by molar-refractivity contribution is -0.138. The van der Waals surface area contributed by atoms with E-state index in [0.717, 1.165) is 0 Å². The summed E-state index contributed by atoms with van der Waals surface area (Å²) in [5.41, 5.74) is -5.60. The topological polar surface area (TPSA) is 156 Å². The number of aryl methyl sites for hydroxylation is 2. The summed E-state index contributed by atoms with van der Waals surface area (Å²) in [6, 6.07) is 21.7. The maximum absolute atomic E-state index is 14.2. The quantitative estimate of drug-likeness (QED) is 0.0761. The number of anilines is 2. The molecule has 10 nitrogen and oxygen atoms in total. The summed E-state index contributed by atoms with van der Waals surface area (Å²) >= 11 is 13.0. The molecule has 2 heterocycles. The third kappa shape index (κ3) is 10.9. The van der Waals surface area contributed by atoms with Crippen LogP contribution in [0.3, 0.4) is 0 Å². The van der Waals surface area contributed by atoms with Crippen LogP contribution in [0.2, 0.25) is 10.0 Å². The molecule has 20 heteroatoms. The average Bonchev–Trinajstić information content (AvgIpc) is 3.32. The van der Waals surface area contributed by atoms with Crippen molar-refractivity contribution in [1.29, 1.82) is 0 Å². The van der Waals surface area contributed by atoms with Crippen LogP contribution in [0, 0.1) is 25.5 Å². The van der Waals surface area contributed by atoms with E-state index in [0.29, 0.717) is 46.5 Å². The van der Waals surface area contributed by atoms with Crippen LogP contribution in [-0.4, -0.2) is 22.9 Å². The van der Waals surface area contributed by atoms with Gasteiger partial charge >= 0.3 is 29.6 Å². The first-order valence-electron chi connectivity index (χ1n) is 22.1.